The Bertz CT molecular complexity index is 1380. The van der Waals surface area contributed by atoms with Crippen LogP contribution in [0.1, 0.15) is 20.3 Å². The third kappa shape index (κ3) is 7.45. The second-order valence-corrected chi connectivity index (χ2v) is 12.0. The minimum absolute atomic E-state index is 0.160. The number of fused-ring (bicyclic) bond motifs is 1. The molecule has 3 aromatic rings. The van der Waals surface area contributed by atoms with Gasteiger partial charge >= 0.3 is 0 Å². The van der Waals surface area contributed by atoms with Gasteiger partial charge in [-0.05, 0) is 23.8 Å². The molecule has 2 atom stereocenters. The van der Waals surface area contributed by atoms with Crippen molar-refractivity contribution in [3.8, 4) is 22.8 Å². The zero-order valence-electron chi connectivity index (χ0n) is 23.4. The topological polar surface area (TPSA) is 120 Å². The third-order valence-corrected chi connectivity index (χ3v) is 8.28. The number of aromatic nitrogens is 3. The number of amides is 1. The second kappa shape index (κ2) is 14.3. The number of nitrogens with one attached hydrogen (secondary N) is 3. The summed E-state index contributed by atoms with van der Waals surface area (Å²) >= 11 is 15.3. The van der Waals surface area contributed by atoms with Crippen molar-refractivity contribution in [2.75, 3.05) is 50.4 Å². The second-order valence-electron chi connectivity index (χ2n) is 9.55. The molecule has 41 heavy (non-hydrogen) atoms. The number of benzene rings is 1. The maximum absolute atomic E-state index is 12.0. The monoisotopic (exact) mass is 620 g/mol. The van der Waals surface area contributed by atoms with Crippen LogP contribution in [0.4, 0.5) is 11.8 Å². The van der Waals surface area contributed by atoms with Crippen LogP contribution >= 0.6 is 35.0 Å². The zero-order chi connectivity index (χ0) is 29.5. The number of thioether (sulfide) groups is 1. The lowest BCUT2D eigenvalue weighted by atomic mass is 10.0. The van der Waals surface area contributed by atoms with Crippen LogP contribution in [0.5, 0.6) is 11.5 Å². The molecule has 1 fully saturated rings. The lowest BCUT2D eigenvalue weighted by molar-refractivity contribution is -0.117. The molecule has 3 heterocycles. The Kier molecular flexibility index (Phi) is 10.8. The van der Waals surface area contributed by atoms with Crippen LogP contribution in [0.15, 0.2) is 31.0 Å². The molecular formula is C28H34Cl2N6O4S. The molecule has 1 aliphatic heterocycles. The Labute approximate surface area is 253 Å². The summed E-state index contributed by atoms with van der Waals surface area (Å²) in [5.41, 5.74) is 1.61. The first-order valence-corrected chi connectivity index (χ1v) is 15.0. The fraction of sp³-hybridized carbons (Fsp3) is 0.429. The van der Waals surface area contributed by atoms with Gasteiger partial charge in [-0.25, -0.2) is 15.0 Å². The molecule has 2 aromatic heterocycles. The smallest absolute Gasteiger partial charge is 0.243 e. The molecule has 0 spiro atoms. The van der Waals surface area contributed by atoms with Gasteiger partial charge in [0.05, 0.1) is 48.6 Å². The average molecular weight is 622 g/mol. The minimum Gasteiger partial charge on any atom is -0.495 e. The van der Waals surface area contributed by atoms with E-state index in [1.165, 1.54) is 20.3 Å². The van der Waals surface area contributed by atoms with Gasteiger partial charge in [0.15, 0.2) is 5.82 Å². The number of carbonyl (C=O) groups excluding carboxylic acids is 1. The van der Waals surface area contributed by atoms with E-state index in [2.05, 4.69) is 41.4 Å². The molecule has 3 N–H and O–H groups in total. The van der Waals surface area contributed by atoms with Crippen molar-refractivity contribution in [1.82, 2.24) is 20.3 Å². The Hall–Kier alpha value is -2.99. The lowest BCUT2D eigenvalue weighted by Crippen LogP contribution is -2.52. The van der Waals surface area contributed by atoms with Gasteiger partial charge in [-0.2, -0.15) is 11.8 Å². The molecule has 0 saturated carbocycles. The summed E-state index contributed by atoms with van der Waals surface area (Å²) in [4.78, 5) is 26.2. The van der Waals surface area contributed by atoms with Crippen molar-refractivity contribution in [2.45, 2.75) is 37.6 Å². The first-order chi connectivity index (χ1) is 19.7. The van der Waals surface area contributed by atoms with Crippen LogP contribution < -0.4 is 25.4 Å². The van der Waals surface area contributed by atoms with Gasteiger partial charge in [0.1, 0.15) is 17.0 Å². The Balaban J connectivity index is 1.75. The van der Waals surface area contributed by atoms with E-state index in [0.29, 0.717) is 81.5 Å². The molecule has 0 unspecified atom stereocenters. The standard InChI is InChI=1S/C28H34Cl2N6O4S/c1-6-22(37)33-17-7-9-40-14-19(17)35-28-32-13-16-11-18(23-24(29)20(38-4)12-21(39-5)25(23)30)34-27(26(16)36-28)31-8-10-41-15(2)3/h6,11-13,15,17,19H,1,7-10,14H2,2-5H3,(H,31,34)(H,33,37)(H,32,35,36)/t17-,19+/m0/s1. The van der Waals surface area contributed by atoms with Crippen molar-refractivity contribution in [3.05, 3.63) is 41.0 Å². The molecule has 4 rings (SSSR count). The van der Waals surface area contributed by atoms with E-state index in [1.807, 2.05) is 17.8 Å². The third-order valence-electron chi connectivity index (χ3n) is 6.43. The first kappa shape index (κ1) is 31.0. The van der Waals surface area contributed by atoms with E-state index in [1.54, 1.807) is 12.3 Å². The molecule has 1 aromatic carbocycles. The van der Waals surface area contributed by atoms with E-state index in [0.717, 1.165) is 11.1 Å². The van der Waals surface area contributed by atoms with E-state index >= 15 is 0 Å². The Morgan fingerprint density at radius 2 is 1.93 bits per heavy atom. The molecule has 220 valence electrons. The first-order valence-electron chi connectivity index (χ1n) is 13.2. The fourth-order valence-corrected chi connectivity index (χ4v) is 5.78. The minimum atomic E-state index is -0.239. The maximum Gasteiger partial charge on any atom is 0.243 e. The Morgan fingerprint density at radius 1 is 1.20 bits per heavy atom. The lowest BCUT2D eigenvalue weighted by Gasteiger charge is -2.32. The highest BCUT2D eigenvalue weighted by Gasteiger charge is 2.28. The zero-order valence-corrected chi connectivity index (χ0v) is 25.8. The van der Waals surface area contributed by atoms with Crippen LogP contribution in [-0.4, -0.2) is 77.9 Å². The van der Waals surface area contributed by atoms with Gasteiger partial charge in [0.2, 0.25) is 11.9 Å². The van der Waals surface area contributed by atoms with Gasteiger partial charge in [-0.1, -0.05) is 43.6 Å². The fourth-order valence-electron chi connectivity index (χ4n) is 4.40. The summed E-state index contributed by atoms with van der Waals surface area (Å²) in [6, 6.07) is 3.08. The van der Waals surface area contributed by atoms with Crippen molar-refractivity contribution in [2.24, 2.45) is 0 Å². The van der Waals surface area contributed by atoms with E-state index in [4.69, 9.17) is 47.4 Å². The number of methoxy groups -OCH3 is 2. The molecule has 0 aliphatic carbocycles. The summed E-state index contributed by atoms with van der Waals surface area (Å²) in [7, 11) is 3.05. The number of carbonyl (C=O) groups is 1. The normalized spacial score (nSPS) is 16.9. The number of pyridine rings is 1. The largest absolute Gasteiger partial charge is 0.495 e. The number of anilines is 2. The Morgan fingerprint density at radius 3 is 2.59 bits per heavy atom. The highest BCUT2D eigenvalue weighted by Crippen LogP contribution is 2.46. The van der Waals surface area contributed by atoms with Gasteiger partial charge in [0, 0.05) is 42.1 Å². The summed E-state index contributed by atoms with van der Waals surface area (Å²) < 4.78 is 16.6. The average Bonchev–Trinajstić information content (AvgIpc) is 2.96. The maximum atomic E-state index is 12.0. The SMILES string of the molecule is C=CC(=O)N[C@H]1CCOC[C@H]1Nc1ncc2cc(-c3c(Cl)c(OC)cc(OC)c3Cl)nc(NCCSC(C)C)c2n1. The highest BCUT2D eigenvalue weighted by molar-refractivity contribution is 7.99. The van der Waals surface area contributed by atoms with Crippen LogP contribution in [0.3, 0.4) is 0 Å². The molecule has 1 amide bonds. The van der Waals surface area contributed by atoms with Gasteiger partial charge in [-0.3, -0.25) is 4.79 Å². The number of rotatable bonds is 12. The quantitative estimate of drug-likeness (QED) is 0.178. The molecule has 0 radical (unpaired) electrons. The molecule has 1 aliphatic rings. The van der Waals surface area contributed by atoms with Crippen LogP contribution in [0.25, 0.3) is 22.2 Å². The number of nitrogens with zero attached hydrogens (tertiary/aromatic N) is 3. The number of hydrogen-bond acceptors (Lipinski definition) is 10. The molecule has 0 bridgehead atoms. The van der Waals surface area contributed by atoms with Crippen LogP contribution in [0, 0.1) is 0 Å². The van der Waals surface area contributed by atoms with Gasteiger partial charge in [-0.15, -0.1) is 0 Å². The predicted molar refractivity (Wildman–Crippen MR) is 167 cm³/mol. The summed E-state index contributed by atoms with van der Waals surface area (Å²) in [5, 5.41) is 11.6. The number of ether oxygens (including phenoxy) is 3. The molecular weight excluding hydrogens is 587 g/mol. The summed E-state index contributed by atoms with van der Waals surface area (Å²) in [6.07, 6.45) is 3.62. The highest BCUT2D eigenvalue weighted by atomic mass is 35.5. The van der Waals surface area contributed by atoms with Gasteiger partial charge in [0.25, 0.3) is 0 Å². The molecule has 10 nitrogen and oxygen atoms in total. The van der Waals surface area contributed by atoms with Crippen molar-refractivity contribution in [3.63, 3.8) is 0 Å². The molecule has 1 saturated heterocycles. The predicted octanol–water partition coefficient (Wildman–Crippen LogP) is 5.44. The molecule has 13 heteroatoms. The van der Waals surface area contributed by atoms with Gasteiger partial charge < -0.3 is 30.2 Å². The summed E-state index contributed by atoms with van der Waals surface area (Å²) in [5.74, 6) is 2.40. The van der Waals surface area contributed by atoms with Crippen LogP contribution in [-0.2, 0) is 9.53 Å². The van der Waals surface area contributed by atoms with Crippen molar-refractivity contribution in [1.29, 1.82) is 0 Å². The van der Waals surface area contributed by atoms with Crippen molar-refractivity contribution >= 4 is 63.5 Å². The number of hydrogen-bond donors (Lipinski definition) is 3. The van der Waals surface area contributed by atoms with E-state index < -0.39 is 0 Å². The number of halogens is 2. The van der Waals surface area contributed by atoms with E-state index in [-0.39, 0.29) is 18.0 Å². The summed E-state index contributed by atoms with van der Waals surface area (Å²) in [6.45, 7) is 9.47. The van der Waals surface area contributed by atoms with E-state index in [9.17, 15) is 4.79 Å². The van der Waals surface area contributed by atoms with Crippen molar-refractivity contribution < 1.29 is 19.0 Å². The van der Waals surface area contributed by atoms with Crippen LogP contribution in [0.2, 0.25) is 10.0 Å².